The number of ether oxygens (including phenoxy) is 12. The molecule has 6 aliphatic rings. The number of amides is 3. The first-order valence-electron chi connectivity index (χ1n) is 30.0. The van der Waals surface area contributed by atoms with Gasteiger partial charge in [-0.1, -0.05) is 12.8 Å². The lowest BCUT2D eigenvalue weighted by molar-refractivity contribution is -0.377. The minimum Gasteiger partial charge on any atom is -0.488 e. The minimum atomic E-state index is -2.55. The van der Waals surface area contributed by atoms with Crippen molar-refractivity contribution in [3.05, 3.63) is 20.4 Å². The maximum Gasteiger partial charge on any atom is 0.335 e. The molecule has 41 heteroatoms. The van der Waals surface area contributed by atoms with E-state index < -0.39 is 250 Å². The first-order chi connectivity index (χ1) is 44.8. The summed E-state index contributed by atoms with van der Waals surface area (Å²) in [5, 5.41) is 193. The van der Waals surface area contributed by atoms with Crippen molar-refractivity contribution in [1.82, 2.24) is 15.5 Å². The molecule has 0 radical (unpaired) electrons. The van der Waals surface area contributed by atoms with Gasteiger partial charge in [-0.15, -0.1) is 0 Å². The average molecular weight is 1380 g/mol. The van der Waals surface area contributed by atoms with Gasteiger partial charge in [0.05, 0.1) is 26.4 Å². The Morgan fingerprint density at radius 3 is 1.27 bits per heavy atom. The molecule has 0 bridgehead atoms. The second kappa shape index (κ2) is 33.4. The molecule has 6 fully saturated rings. The van der Waals surface area contributed by atoms with Crippen molar-refractivity contribution in [1.29, 1.82) is 0 Å². The highest BCUT2D eigenvalue weighted by molar-refractivity contribution is 5.76. The van der Waals surface area contributed by atoms with Crippen LogP contribution < -0.4 is 31.5 Å². The normalized spacial score (nSPS) is 40.7. The first-order valence-corrected chi connectivity index (χ1v) is 30.0. The molecule has 0 aliphatic carbocycles. The number of carboxylic acids is 3. The summed E-state index contributed by atoms with van der Waals surface area (Å²) < 4.78 is 67.6. The molecule has 20 N–H and O–H groups in total. The second-order valence-corrected chi connectivity index (χ2v) is 23.2. The van der Waals surface area contributed by atoms with Gasteiger partial charge in [-0.25, -0.2) is 14.4 Å². The van der Waals surface area contributed by atoms with E-state index in [4.69, 9.17) is 56.8 Å². The number of nitrogens with zero attached hydrogens (tertiary/aromatic N) is 1. The zero-order valence-electron chi connectivity index (χ0n) is 51.1. The number of hydrogen-bond acceptors (Lipinski definition) is 35. The van der Waals surface area contributed by atoms with Crippen LogP contribution in [0.15, 0.2) is 9.59 Å². The Balaban J connectivity index is 1.08. The highest BCUT2D eigenvalue weighted by Gasteiger charge is 2.60. The second-order valence-electron chi connectivity index (χ2n) is 23.2. The van der Waals surface area contributed by atoms with Crippen molar-refractivity contribution in [2.45, 2.75) is 237 Å². The molecule has 6 heterocycles. The summed E-state index contributed by atoms with van der Waals surface area (Å²) in [6.07, 6.45) is -58.6. The molecule has 1 aromatic rings. The molecule has 0 spiro atoms. The maximum atomic E-state index is 13.3. The number of aliphatic hydroxyl groups excluding tert-OH is 14. The van der Waals surface area contributed by atoms with Gasteiger partial charge in [-0.05, 0) is 19.8 Å². The van der Waals surface area contributed by atoms with Gasteiger partial charge in [0.1, 0.15) is 134 Å². The first kappa shape index (κ1) is 76.9. The van der Waals surface area contributed by atoms with Crippen LogP contribution in [0.3, 0.4) is 0 Å². The third-order valence-electron chi connectivity index (χ3n) is 16.7. The van der Waals surface area contributed by atoms with E-state index in [1.807, 2.05) is 0 Å². The van der Waals surface area contributed by atoms with Gasteiger partial charge in [0.25, 0.3) is 10.9 Å². The summed E-state index contributed by atoms with van der Waals surface area (Å²) in [5.74, 6) is -8.65. The van der Waals surface area contributed by atoms with Crippen LogP contribution in [0.1, 0.15) is 53.4 Å². The summed E-state index contributed by atoms with van der Waals surface area (Å²) in [5.41, 5.74) is -1.42. The van der Waals surface area contributed by atoms with Crippen LogP contribution in [-0.4, -0.2) is 351 Å². The highest BCUT2D eigenvalue weighted by atomic mass is 16.8. The summed E-state index contributed by atoms with van der Waals surface area (Å²) in [6, 6.07) is -5.69. The van der Waals surface area contributed by atoms with Crippen LogP contribution in [0.25, 0.3) is 0 Å². The maximum absolute atomic E-state index is 13.3. The fourth-order valence-electron chi connectivity index (χ4n) is 11.9. The molecule has 1 aromatic carbocycles. The fourth-order valence-corrected chi connectivity index (χ4v) is 11.9. The van der Waals surface area contributed by atoms with Gasteiger partial charge in [-0.3, -0.25) is 24.0 Å². The third kappa shape index (κ3) is 17.0. The number of carboxylic acid groups (broad SMARTS) is 3. The van der Waals surface area contributed by atoms with E-state index in [1.165, 1.54) is 0 Å². The molecule has 6 saturated heterocycles. The quantitative estimate of drug-likeness (QED) is 0.0262. The molecule has 95 heavy (non-hydrogen) atoms. The van der Waals surface area contributed by atoms with Crippen LogP contribution in [-0.2, 0) is 80.9 Å². The van der Waals surface area contributed by atoms with E-state index in [2.05, 4.69) is 16.0 Å². The topological polar surface area (TPSA) is 631 Å². The van der Waals surface area contributed by atoms with Gasteiger partial charge in [0.2, 0.25) is 17.7 Å². The number of nitrogens with one attached hydrogen (secondary N) is 3. The van der Waals surface area contributed by atoms with E-state index in [9.17, 15) is 125 Å². The number of aliphatic carboxylic acids is 3. The van der Waals surface area contributed by atoms with Crippen molar-refractivity contribution >= 4 is 41.3 Å². The monoisotopic (exact) mass is 1380 g/mol. The fraction of sp³-hybridized carbons (Fsp3) is 0.815. The molecule has 0 saturated carbocycles. The number of anilines is 1. The van der Waals surface area contributed by atoms with Gasteiger partial charge in [0, 0.05) is 33.9 Å². The molecular weight excluding hydrogens is 1300 g/mol. The third-order valence-corrected chi connectivity index (χ3v) is 16.7. The number of unbranched alkanes of at least 4 members (excludes halogenated alkanes) is 3. The van der Waals surface area contributed by atoms with Crippen molar-refractivity contribution in [3.8, 4) is 5.75 Å². The van der Waals surface area contributed by atoms with Crippen LogP contribution in [0.2, 0.25) is 0 Å². The molecule has 6 aliphatic heterocycles. The summed E-state index contributed by atoms with van der Waals surface area (Å²) in [7, 11) is 0. The van der Waals surface area contributed by atoms with Crippen LogP contribution in [0.5, 0.6) is 5.75 Å². The van der Waals surface area contributed by atoms with Crippen molar-refractivity contribution in [2.75, 3.05) is 44.8 Å². The Kier molecular flexibility index (Phi) is 27.0. The Morgan fingerprint density at radius 1 is 0.453 bits per heavy atom. The average Bonchev–Trinajstić information content (AvgIpc) is 0.776. The van der Waals surface area contributed by atoms with Crippen molar-refractivity contribution in [3.63, 3.8) is 0 Å². The Labute approximate surface area is 536 Å². The zero-order chi connectivity index (χ0) is 70.3. The van der Waals surface area contributed by atoms with Gasteiger partial charge in [0.15, 0.2) is 61.8 Å². The number of rotatable bonds is 29. The van der Waals surface area contributed by atoms with Gasteiger partial charge >= 0.3 is 17.9 Å². The smallest absolute Gasteiger partial charge is 0.335 e. The largest absolute Gasteiger partial charge is 0.488 e. The molecule has 30 atom stereocenters. The predicted octanol–water partition coefficient (Wildman–Crippen LogP) is -12.0. The predicted molar refractivity (Wildman–Crippen MR) is 299 cm³/mol. The van der Waals surface area contributed by atoms with Crippen LogP contribution in [0, 0.1) is 0 Å². The summed E-state index contributed by atoms with van der Waals surface area (Å²) in [4.78, 5) is 102. The molecule has 7 rings (SSSR count). The lowest BCUT2D eigenvalue weighted by atomic mass is 9.93. The lowest BCUT2D eigenvalue weighted by Gasteiger charge is -2.51. The van der Waals surface area contributed by atoms with Crippen molar-refractivity contribution in [2.24, 2.45) is 0 Å². The standard InChI is InChI=1S/C54H82N4O37/c1-5-84-37-21(28(68)30(37)70)55-10-8-6-7-9-11-58(17(4)64)24-40(27(67)18(12-59)85-49(24)83)90-54-36(76)33(73)42(45(95-54)48(81)82)92-51-23(57-16(3)63)39(26(66)20(14-61)87-51)89-53-35(75)32(72)41(44(94-53)47(79)80)91-50-22(56-15(2)62)38(25(65)19(13-60)86-50)88-52-34(74)29(69)31(71)43(93-52)46(77)78/h18-20,22-27,29,31-36,38-45,49-55,59-61,65-67,69,71-76,83H,5-14H2,1-4H3,(H,56,62)(H,57,63)(H,77,78)(H,79,80)(H,81,82)/t18-,19-,20-,22-,23-,24-,25-,26-,27-,29+,31+,32-,33-,34-,35-,36-,38-,39-,40-,41+,42+,43+,44+,45+,49-,50+,51+,52-,53-,54-/m1/s1. The lowest BCUT2D eigenvalue weighted by Crippen LogP contribution is -2.71. The summed E-state index contributed by atoms with van der Waals surface area (Å²) >= 11 is 0. The SMILES string of the molecule is CCOc1c(NCCCCCCN(C(C)=O)[C@@H]2[C@@H](O[C@@H]3O[C@H](C(=O)O)[C@@H](O[C@@H]4O[C@H](CO)[C@@H](O)[C@H](O[C@@H]5O[C@H](C(=O)O)[C@@H](O[C@@H]6O[C@H](CO)[C@@H](O)[C@H](O[C@@H]7O[C@H](C(=O)O)[C@@H](O)[C@H](O)[C@H]7O)[C@H]6NC(C)=O)[C@H](O)[C@H]5O)[C@H]4NC(C)=O)[C@H](O)[C@H]3O)[C@H](O)[C@@H](CO)O[C@H]2O)c(=O)c1=O. The number of carbonyl (C=O) groups excluding carboxylic acids is 3. The van der Waals surface area contributed by atoms with Gasteiger partial charge in [-0.2, -0.15) is 0 Å². The van der Waals surface area contributed by atoms with Crippen LogP contribution in [0.4, 0.5) is 5.69 Å². The zero-order valence-corrected chi connectivity index (χ0v) is 51.1. The minimum absolute atomic E-state index is 0.0517. The molecule has 41 nitrogen and oxygen atoms in total. The molecule has 0 unspecified atom stereocenters. The van der Waals surface area contributed by atoms with Crippen molar-refractivity contribution < 1.29 is 172 Å². The molecule has 0 aromatic heterocycles. The Morgan fingerprint density at radius 2 is 0.853 bits per heavy atom. The van der Waals surface area contributed by atoms with Crippen LogP contribution >= 0.6 is 0 Å². The summed E-state index contributed by atoms with van der Waals surface area (Å²) in [6.45, 7) is 1.49. The highest BCUT2D eigenvalue weighted by Crippen LogP contribution is 2.38. The molecule has 540 valence electrons. The van der Waals surface area contributed by atoms with E-state index in [0.29, 0.717) is 19.3 Å². The van der Waals surface area contributed by atoms with Gasteiger partial charge < -0.3 is 165 Å². The van der Waals surface area contributed by atoms with E-state index in [1.54, 1.807) is 6.92 Å². The Hall–Kier alpha value is -5.50. The number of aliphatic hydroxyl groups is 14. The number of carbonyl (C=O) groups is 6. The molecule has 3 amide bonds. The number of hydrogen-bond donors (Lipinski definition) is 20. The Bertz CT molecular complexity index is 2840. The van der Waals surface area contributed by atoms with E-state index in [0.717, 1.165) is 25.7 Å². The van der Waals surface area contributed by atoms with E-state index >= 15 is 0 Å². The molecular formula is C54H82N4O37. The van der Waals surface area contributed by atoms with E-state index in [-0.39, 0.29) is 37.6 Å².